The van der Waals surface area contributed by atoms with Crippen molar-refractivity contribution in [2.45, 2.75) is 0 Å². The number of hydrogen-bond acceptors (Lipinski definition) is 12. The molecule has 0 aromatic heterocycles. The third-order valence-electron chi connectivity index (χ3n) is 7.83. The summed E-state index contributed by atoms with van der Waals surface area (Å²) in [4.78, 5) is 38.3. The van der Waals surface area contributed by atoms with Crippen molar-refractivity contribution in [2.24, 2.45) is 0 Å². The van der Waals surface area contributed by atoms with Crippen molar-refractivity contribution in [3.8, 4) is 51.7 Å². The average molecular weight is 793 g/mol. The molecule has 0 N–H and O–H groups in total. The predicted molar refractivity (Wildman–Crippen MR) is 210 cm³/mol. The molecular formula is C42H34O12P2. The van der Waals surface area contributed by atoms with Crippen LogP contribution in [0.4, 0.5) is 0 Å². The third-order valence-corrected chi connectivity index (χ3v) is 9.91. The summed E-state index contributed by atoms with van der Waals surface area (Å²) in [6.45, 7) is 0. The molecule has 14 heteroatoms. The molecule has 0 aliphatic carbocycles. The summed E-state index contributed by atoms with van der Waals surface area (Å²) in [6, 6.07) is 38.1. The first-order valence-electron chi connectivity index (χ1n) is 16.8. The summed E-state index contributed by atoms with van der Waals surface area (Å²) < 4.78 is 54.0. The molecule has 0 amide bonds. The van der Waals surface area contributed by atoms with Crippen LogP contribution in [0.2, 0.25) is 0 Å². The Morgan fingerprint density at radius 3 is 1.27 bits per heavy atom. The molecule has 0 saturated carbocycles. The molecule has 0 bridgehead atoms. The normalized spacial score (nSPS) is 10.6. The van der Waals surface area contributed by atoms with E-state index in [1.54, 1.807) is 133 Å². The SMILES string of the molecule is COc1ccc(C(=O)c2ccccc2OP(Oc2ccccc2C=O)Oc2ccccc2C=O)c(OP(Oc2ccccc2OC)Oc2ccccc2OC)c1. The van der Waals surface area contributed by atoms with Crippen LogP contribution in [0.25, 0.3) is 0 Å². The van der Waals surface area contributed by atoms with Crippen molar-refractivity contribution >= 4 is 35.6 Å². The molecule has 0 unspecified atom stereocenters. The van der Waals surface area contributed by atoms with Crippen LogP contribution in [-0.2, 0) is 0 Å². The Labute approximate surface area is 325 Å². The van der Waals surface area contributed by atoms with Gasteiger partial charge in [0.2, 0.25) is 5.78 Å². The highest BCUT2D eigenvalue weighted by Crippen LogP contribution is 2.49. The first-order valence-corrected chi connectivity index (χ1v) is 19.0. The molecule has 6 aromatic rings. The van der Waals surface area contributed by atoms with Gasteiger partial charge in [-0.3, -0.25) is 14.4 Å². The smallest absolute Gasteiger partial charge is 0.497 e. The molecule has 6 rings (SSSR count). The number of ether oxygens (including phenoxy) is 3. The van der Waals surface area contributed by atoms with E-state index in [4.69, 9.17) is 41.4 Å². The maximum atomic E-state index is 14.6. The van der Waals surface area contributed by atoms with Crippen molar-refractivity contribution in [3.63, 3.8) is 0 Å². The van der Waals surface area contributed by atoms with E-state index in [9.17, 15) is 14.4 Å². The molecule has 0 aliphatic heterocycles. The van der Waals surface area contributed by atoms with E-state index in [1.807, 2.05) is 0 Å². The van der Waals surface area contributed by atoms with Crippen LogP contribution in [0.1, 0.15) is 36.6 Å². The van der Waals surface area contributed by atoms with E-state index in [0.29, 0.717) is 41.3 Å². The van der Waals surface area contributed by atoms with Crippen LogP contribution in [0.15, 0.2) is 140 Å². The number of aldehydes is 2. The van der Waals surface area contributed by atoms with Gasteiger partial charge in [-0.1, -0.05) is 60.7 Å². The van der Waals surface area contributed by atoms with Crippen LogP contribution in [-0.4, -0.2) is 39.7 Å². The summed E-state index contributed by atoms with van der Waals surface area (Å²) in [5.41, 5.74) is 0.686. The monoisotopic (exact) mass is 792 g/mol. The standard InChI is InChI=1S/C42H34O12P2/c1-46-31-24-25-33(41(26-31)54-56(52-39-22-12-10-20-37(39)47-2)53-40-23-13-11-21-38(40)48-3)42(45)32-16-6-9-19-36(32)51-55(49-34-17-7-4-14-29(34)27-43)50-35-18-8-5-15-30(35)28-44/h4-28H,1-3H3. The lowest BCUT2D eigenvalue weighted by Crippen LogP contribution is -2.10. The predicted octanol–water partition coefficient (Wildman–Crippen LogP) is 10.1. The lowest BCUT2D eigenvalue weighted by Gasteiger charge is -2.22. The van der Waals surface area contributed by atoms with Gasteiger partial charge in [0.1, 0.15) is 28.7 Å². The molecule has 56 heavy (non-hydrogen) atoms. The minimum absolute atomic E-state index is 0.0645. The molecule has 0 radical (unpaired) electrons. The highest BCUT2D eigenvalue weighted by molar-refractivity contribution is 7.43. The van der Waals surface area contributed by atoms with Crippen molar-refractivity contribution in [1.29, 1.82) is 0 Å². The number of carbonyl (C=O) groups excluding carboxylic acids is 3. The van der Waals surface area contributed by atoms with Crippen molar-refractivity contribution < 1.29 is 55.7 Å². The first-order chi connectivity index (χ1) is 27.4. The van der Waals surface area contributed by atoms with Gasteiger partial charge in [0.25, 0.3) is 0 Å². The van der Waals surface area contributed by atoms with E-state index >= 15 is 0 Å². The number of methoxy groups -OCH3 is 3. The lowest BCUT2D eigenvalue weighted by atomic mass is 10.0. The maximum Gasteiger partial charge on any atom is 0.530 e. The van der Waals surface area contributed by atoms with Gasteiger partial charge >= 0.3 is 17.2 Å². The zero-order valence-corrected chi connectivity index (χ0v) is 32.0. The van der Waals surface area contributed by atoms with Gasteiger partial charge in [-0.15, -0.1) is 0 Å². The van der Waals surface area contributed by atoms with Crippen molar-refractivity contribution in [2.75, 3.05) is 21.3 Å². The second kappa shape index (κ2) is 19.1. The topological polar surface area (TPSA) is 134 Å². The van der Waals surface area contributed by atoms with Gasteiger partial charge in [0.15, 0.2) is 35.6 Å². The molecular weight excluding hydrogens is 758 g/mol. The fourth-order valence-electron chi connectivity index (χ4n) is 5.08. The molecule has 0 aliphatic rings. The van der Waals surface area contributed by atoms with Crippen LogP contribution in [0.5, 0.6) is 51.7 Å². The molecule has 12 nitrogen and oxygen atoms in total. The number of benzene rings is 6. The Hall–Kier alpha value is -6.61. The maximum absolute atomic E-state index is 14.6. The summed E-state index contributed by atoms with van der Waals surface area (Å²) >= 11 is 0. The Morgan fingerprint density at radius 1 is 0.411 bits per heavy atom. The van der Waals surface area contributed by atoms with Crippen LogP contribution < -0.4 is 41.4 Å². The summed E-state index contributed by atoms with van der Waals surface area (Å²) in [5, 5.41) is 0. The zero-order chi connectivity index (χ0) is 39.3. The minimum atomic E-state index is -2.42. The number of ketones is 1. The van der Waals surface area contributed by atoms with Crippen molar-refractivity contribution in [1.82, 2.24) is 0 Å². The molecule has 284 valence electrons. The largest absolute Gasteiger partial charge is 0.530 e. The van der Waals surface area contributed by atoms with E-state index in [-0.39, 0.29) is 45.3 Å². The van der Waals surface area contributed by atoms with E-state index in [2.05, 4.69) is 0 Å². The summed E-state index contributed by atoms with van der Waals surface area (Å²) in [5.74, 6) is 1.86. The number of carbonyl (C=O) groups is 3. The van der Waals surface area contributed by atoms with Gasteiger partial charge in [-0.05, 0) is 72.8 Å². The number of rotatable bonds is 19. The Morgan fingerprint density at radius 2 is 0.786 bits per heavy atom. The van der Waals surface area contributed by atoms with Gasteiger partial charge in [0, 0.05) is 6.07 Å². The van der Waals surface area contributed by atoms with Crippen LogP contribution in [0.3, 0.4) is 0 Å². The lowest BCUT2D eigenvalue weighted by molar-refractivity contribution is 0.103. The summed E-state index contributed by atoms with van der Waals surface area (Å²) in [7, 11) is -0.262. The van der Waals surface area contributed by atoms with Crippen LogP contribution in [0, 0.1) is 0 Å². The molecule has 6 aromatic carbocycles. The second-order valence-corrected chi connectivity index (χ2v) is 13.3. The minimum Gasteiger partial charge on any atom is -0.497 e. The van der Waals surface area contributed by atoms with E-state index in [0.717, 1.165) is 0 Å². The summed E-state index contributed by atoms with van der Waals surface area (Å²) in [6.07, 6.45) is 1.27. The average Bonchev–Trinajstić information content (AvgIpc) is 3.24. The Bertz CT molecular complexity index is 2200. The molecule has 0 saturated heterocycles. The van der Waals surface area contributed by atoms with Gasteiger partial charge in [-0.2, -0.15) is 0 Å². The quantitative estimate of drug-likeness (QED) is 0.0439. The molecule has 0 fully saturated rings. The van der Waals surface area contributed by atoms with Gasteiger partial charge in [-0.25, -0.2) is 0 Å². The zero-order valence-electron chi connectivity index (χ0n) is 30.2. The molecule has 0 atom stereocenters. The second-order valence-electron chi connectivity index (χ2n) is 11.3. The molecule has 0 heterocycles. The van der Waals surface area contributed by atoms with E-state index < -0.39 is 23.0 Å². The van der Waals surface area contributed by atoms with Gasteiger partial charge in [0.05, 0.1) is 43.6 Å². The fourth-order valence-corrected chi connectivity index (χ4v) is 7.21. The van der Waals surface area contributed by atoms with Crippen LogP contribution >= 0.6 is 17.2 Å². The Balaban J connectivity index is 1.37. The first kappa shape index (κ1) is 39.1. The fraction of sp³-hybridized carbons (Fsp3) is 0.0714. The van der Waals surface area contributed by atoms with E-state index in [1.165, 1.54) is 27.4 Å². The third kappa shape index (κ3) is 9.54. The highest BCUT2D eigenvalue weighted by atomic mass is 31.2. The van der Waals surface area contributed by atoms with Crippen molar-refractivity contribution in [3.05, 3.63) is 162 Å². The Kier molecular flexibility index (Phi) is 13.3. The highest BCUT2D eigenvalue weighted by Gasteiger charge is 2.30. The van der Waals surface area contributed by atoms with Gasteiger partial charge < -0.3 is 41.4 Å². The number of hydrogen-bond donors (Lipinski definition) is 0. The number of para-hydroxylation sites is 7. The molecule has 0 spiro atoms.